The van der Waals surface area contributed by atoms with E-state index in [4.69, 9.17) is 0 Å². The fourth-order valence-electron chi connectivity index (χ4n) is 4.67. The van der Waals surface area contributed by atoms with Crippen molar-refractivity contribution in [2.24, 2.45) is 11.8 Å². The third-order valence-corrected chi connectivity index (χ3v) is 6.48. The Hall–Kier alpha value is -1.43. The second kappa shape index (κ2) is 8.07. The van der Waals surface area contributed by atoms with E-state index in [1.807, 2.05) is 6.07 Å². The molecule has 1 aromatic rings. The number of carbonyl (C=O) groups excluding carboxylic acids is 1. The van der Waals surface area contributed by atoms with Crippen LogP contribution in [0.3, 0.4) is 0 Å². The standard InChI is InChI=1S/C21H32N4O/c1-23-9-11-24(12-10-23)16-17-3-2-4-18(13-17)21(26)25-7-5-19-14-22-15-20(19)6-8-25/h2-4,13,19-20,22H,5-12,14-16H2,1H3/t19-,20+. The molecule has 1 N–H and O–H groups in total. The first-order chi connectivity index (χ1) is 12.7. The van der Waals surface area contributed by atoms with Crippen molar-refractivity contribution < 1.29 is 4.79 Å². The van der Waals surface area contributed by atoms with Gasteiger partial charge in [0, 0.05) is 51.4 Å². The van der Waals surface area contributed by atoms with Crippen molar-refractivity contribution in [3.63, 3.8) is 0 Å². The number of benzene rings is 1. The van der Waals surface area contributed by atoms with Gasteiger partial charge in [-0.15, -0.1) is 0 Å². The van der Waals surface area contributed by atoms with Crippen molar-refractivity contribution in [3.8, 4) is 0 Å². The maximum atomic E-state index is 13.0. The summed E-state index contributed by atoms with van der Waals surface area (Å²) in [6.07, 6.45) is 2.29. The molecule has 0 unspecified atom stereocenters. The van der Waals surface area contributed by atoms with Crippen LogP contribution in [0.15, 0.2) is 24.3 Å². The molecule has 5 heteroatoms. The second-order valence-corrected chi connectivity index (χ2v) is 8.33. The van der Waals surface area contributed by atoms with Crippen molar-refractivity contribution in [2.75, 3.05) is 59.4 Å². The average molecular weight is 357 g/mol. The molecule has 0 bridgehead atoms. The van der Waals surface area contributed by atoms with Crippen LogP contribution in [-0.2, 0) is 6.54 Å². The van der Waals surface area contributed by atoms with Crippen molar-refractivity contribution in [3.05, 3.63) is 35.4 Å². The molecule has 3 heterocycles. The predicted molar refractivity (Wildman–Crippen MR) is 104 cm³/mol. The van der Waals surface area contributed by atoms with Crippen LogP contribution in [0.25, 0.3) is 0 Å². The zero-order chi connectivity index (χ0) is 17.9. The molecule has 0 aliphatic carbocycles. The van der Waals surface area contributed by atoms with Gasteiger partial charge in [0.05, 0.1) is 0 Å². The van der Waals surface area contributed by atoms with Crippen LogP contribution in [0, 0.1) is 11.8 Å². The largest absolute Gasteiger partial charge is 0.339 e. The van der Waals surface area contributed by atoms with Crippen LogP contribution in [0.4, 0.5) is 0 Å². The molecule has 3 saturated heterocycles. The van der Waals surface area contributed by atoms with E-state index in [2.05, 4.69) is 45.3 Å². The number of carbonyl (C=O) groups is 1. The third-order valence-electron chi connectivity index (χ3n) is 6.48. The fourth-order valence-corrected chi connectivity index (χ4v) is 4.67. The van der Waals surface area contributed by atoms with E-state index in [0.717, 1.165) is 89.1 Å². The summed E-state index contributed by atoms with van der Waals surface area (Å²) in [4.78, 5) is 20.0. The van der Waals surface area contributed by atoms with Gasteiger partial charge in [0.2, 0.25) is 0 Å². The number of nitrogens with zero attached hydrogens (tertiary/aromatic N) is 3. The van der Waals surface area contributed by atoms with Crippen molar-refractivity contribution in [1.29, 1.82) is 0 Å². The molecule has 3 aliphatic heterocycles. The smallest absolute Gasteiger partial charge is 0.253 e. The number of likely N-dealkylation sites (N-methyl/N-ethyl adjacent to an activating group) is 1. The SMILES string of the molecule is CN1CCN(Cc2cccc(C(=O)N3CC[C@@H]4CNC[C@@H]4CC3)c2)CC1. The lowest BCUT2D eigenvalue weighted by Gasteiger charge is -2.32. The molecule has 4 rings (SSSR count). The van der Waals surface area contributed by atoms with Gasteiger partial charge < -0.3 is 15.1 Å². The molecular weight excluding hydrogens is 324 g/mol. The summed E-state index contributed by atoms with van der Waals surface area (Å²) in [6.45, 7) is 9.50. The van der Waals surface area contributed by atoms with Crippen LogP contribution in [0.1, 0.15) is 28.8 Å². The Kier molecular flexibility index (Phi) is 5.57. The Morgan fingerprint density at radius 1 is 1.04 bits per heavy atom. The summed E-state index contributed by atoms with van der Waals surface area (Å²) in [6, 6.07) is 8.32. The van der Waals surface area contributed by atoms with E-state index in [-0.39, 0.29) is 5.91 Å². The van der Waals surface area contributed by atoms with Gasteiger partial charge in [0.25, 0.3) is 5.91 Å². The molecule has 1 aromatic carbocycles. The molecule has 0 radical (unpaired) electrons. The fraction of sp³-hybridized carbons (Fsp3) is 0.667. The number of hydrogen-bond acceptors (Lipinski definition) is 4. The topological polar surface area (TPSA) is 38.8 Å². The van der Waals surface area contributed by atoms with E-state index in [1.165, 1.54) is 5.56 Å². The van der Waals surface area contributed by atoms with Gasteiger partial charge >= 0.3 is 0 Å². The molecule has 0 aromatic heterocycles. The maximum Gasteiger partial charge on any atom is 0.253 e. The van der Waals surface area contributed by atoms with Gasteiger partial charge in [0.1, 0.15) is 0 Å². The minimum atomic E-state index is 0.221. The van der Waals surface area contributed by atoms with Gasteiger partial charge in [-0.2, -0.15) is 0 Å². The predicted octanol–water partition coefficient (Wildman–Crippen LogP) is 1.51. The van der Waals surface area contributed by atoms with Crippen LogP contribution in [0.2, 0.25) is 0 Å². The Morgan fingerprint density at radius 2 is 1.73 bits per heavy atom. The van der Waals surface area contributed by atoms with Gasteiger partial charge in [-0.3, -0.25) is 9.69 Å². The monoisotopic (exact) mass is 356 g/mol. The molecular formula is C21H32N4O. The third kappa shape index (κ3) is 4.11. The molecule has 26 heavy (non-hydrogen) atoms. The highest BCUT2D eigenvalue weighted by molar-refractivity contribution is 5.94. The molecule has 2 atom stereocenters. The van der Waals surface area contributed by atoms with E-state index in [9.17, 15) is 4.79 Å². The van der Waals surface area contributed by atoms with Crippen LogP contribution in [-0.4, -0.2) is 80.0 Å². The van der Waals surface area contributed by atoms with E-state index >= 15 is 0 Å². The van der Waals surface area contributed by atoms with E-state index < -0.39 is 0 Å². The number of rotatable bonds is 3. The number of likely N-dealkylation sites (tertiary alicyclic amines) is 1. The van der Waals surface area contributed by atoms with Crippen LogP contribution < -0.4 is 5.32 Å². The van der Waals surface area contributed by atoms with Crippen molar-refractivity contribution in [2.45, 2.75) is 19.4 Å². The normalized spacial score (nSPS) is 28.0. The highest BCUT2D eigenvalue weighted by Gasteiger charge is 2.31. The number of hydrogen-bond donors (Lipinski definition) is 1. The average Bonchev–Trinajstić information content (AvgIpc) is 3.02. The van der Waals surface area contributed by atoms with Gasteiger partial charge in [0.15, 0.2) is 0 Å². The lowest BCUT2D eigenvalue weighted by molar-refractivity contribution is 0.0758. The molecule has 1 amide bonds. The Bertz CT molecular complexity index is 612. The second-order valence-electron chi connectivity index (χ2n) is 8.33. The summed E-state index contributed by atoms with van der Waals surface area (Å²) in [5, 5.41) is 3.51. The zero-order valence-electron chi connectivity index (χ0n) is 16.0. The Labute approximate surface area is 157 Å². The number of amides is 1. The molecule has 3 fully saturated rings. The highest BCUT2D eigenvalue weighted by atomic mass is 16.2. The minimum Gasteiger partial charge on any atom is -0.339 e. The van der Waals surface area contributed by atoms with Crippen molar-refractivity contribution >= 4 is 5.91 Å². The van der Waals surface area contributed by atoms with Gasteiger partial charge in [-0.05, 0) is 62.5 Å². The summed E-state index contributed by atoms with van der Waals surface area (Å²) >= 11 is 0. The minimum absolute atomic E-state index is 0.221. The Balaban J connectivity index is 1.38. The zero-order valence-corrected chi connectivity index (χ0v) is 16.0. The van der Waals surface area contributed by atoms with Gasteiger partial charge in [-0.1, -0.05) is 12.1 Å². The number of nitrogens with one attached hydrogen (secondary N) is 1. The van der Waals surface area contributed by atoms with E-state index in [1.54, 1.807) is 0 Å². The first-order valence-corrected chi connectivity index (χ1v) is 10.2. The summed E-state index contributed by atoms with van der Waals surface area (Å²) in [5.41, 5.74) is 2.12. The number of piperazine rings is 1. The molecule has 5 nitrogen and oxygen atoms in total. The first kappa shape index (κ1) is 18.0. The molecule has 0 saturated carbocycles. The summed E-state index contributed by atoms with van der Waals surface area (Å²) < 4.78 is 0. The van der Waals surface area contributed by atoms with Crippen LogP contribution >= 0.6 is 0 Å². The van der Waals surface area contributed by atoms with Crippen molar-refractivity contribution in [1.82, 2.24) is 20.0 Å². The highest BCUT2D eigenvalue weighted by Crippen LogP contribution is 2.27. The summed E-state index contributed by atoms with van der Waals surface area (Å²) in [7, 11) is 2.18. The summed E-state index contributed by atoms with van der Waals surface area (Å²) in [5.74, 6) is 1.74. The lowest BCUT2D eigenvalue weighted by atomic mass is 9.92. The molecule has 3 aliphatic rings. The molecule has 0 spiro atoms. The lowest BCUT2D eigenvalue weighted by Crippen LogP contribution is -2.43. The van der Waals surface area contributed by atoms with Crippen LogP contribution in [0.5, 0.6) is 0 Å². The first-order valence-electron chi connectivity index (χ1n) is 10.2. The number of fused-ring (bicyclic) bond motifs is 1. The quantitative estimate of drug-likeness (QED) is 0.891. The Morgan fingerprint density at radius 3 is 2.42 bits per heavy atom. The van der Waals surface area contributed by atoms with E-state index in [0.29, 0.717) is 0 Å². The molecule has 142 valence electrons. The maximum absolute atomic E-state index is 13.0. The van der Waals surface area contributed by atoms with Gasteiger partial charge in [-0.25, -0.2) is 0 Å².